The highest BCUT2D eigenvalue weighted by Gasteiger charge is 2.27. The first-order valence-corrected chi connectivity index (χ1v) is 13.9. The lowest BCUT2D eigenvalue weighted by Crippen LogP contribution is -2.42. The fourth-order valence-electron chi connectivity index (χ4n) is 5.25. The summed E-state index contributed by atoms with van der Waals surface area (Å²) in [5.74, 6) is 1.07. The van der Waals surface area contributed by atoms with E-state index in [1.54, 1.807) is 12.3 Å². The van der Waals surface area contributed by atoms with E-state index < -0.39 is 9.84 Å². The standard InChI is InChI=1S/C24H33N7O2S.ClH/c1-29(2)18-10-12-30(13-11-18)20-8-9-21(25-16-20)27-24-26-15-17-14-22(34(3,32)33)31(23(17)28-24)19-6-4-5-7-19;/h8-9,14-16,18-19H,4-7,10-13H2,1-3H3,(H,25,26,27,28);1H. The third-order valence-electron chi connectivity index (χ3n) is 7.16. The molecule has 1 saturated heterocycles. The van der Waals surface area contributed by atoms with Crippen LogP contribution in [0.25, 0.3) is 11.0 Å². The van der Waals surface area contributed by atoms with Crippen molar-refractivity contribution in [3.8, 4) is 0 Å². The topological polar surface area (TPSA) is 96.2 Å². The van der Waals surface area contributed by atoms with Crippen LogP contribution in [0.4, 0.5) is 17.5 Å². The molecule has 1 aliphatic carbocycles. The average molecular weight is 520 g/mol. The molecule has 0 amide bonds. The molecule has 2 aliphatic rings. The third-order valence-corrected chi connectivity index (χ3v) is 8.23. The minimum absolute atomic E-state index is 0. The van der Waals surface area contributed by atoms with Crippen molar-refractivity contribution in [2.45, 2.75) is 55.6 Å². The fourth-order valence-corrected chi connectivity index (χ4v) is 6.18. The van der Waals surface area contributed by atoms with Gasteiger partial charge in [0, 0.05) is 43.0 Å². The zero-order chi connectivity index (χ0) is 23.9. The molecule has 0 unspecified atom stereocenters. The second-order valence-electron chi connectivity index (χ2n) is 9.74. The molecule has 3 aromatic rings. The first kappa shape index (κ1) is 25.7. The first-order chi connectivity index (χ1) is 16.3. The number of nitrogens with one attached hydrogen (secondary N) is 1. The van der Waals surface area contributed by atoms with Crippen molar-refractivity contribution in [2.75, 3.05) is 43.7 Å². The number of halogens is 1. The summed E-state index contributed by atoms with van der Waals surface area (Å²) >= 11 is 0. The number of aromatic nitrogens is 4. The van der Waals surface area contributed by atoms with Gasteiger partial charge in [0.25, 0.3) is 0 Å². The lowest BCUT2D eigenvalue weighted by molar-refractivity contribution is 0.249. The number of hydrogen-bond donors (Lipinski definition) is 1. The Balaban J connectivity index is 0.00000289. The van der Waals surface area contributed by atoms with E-state index in [1.165, 1.54) is 6.26 Å². The molecule has 0 radical (unpaired) electrons. The van der Waals surface area contributed by atoms with Crippen LogP contribution in [0.5, 0.6) is 0 Å². The van der Waals surface area contributed by atoms with Crippen molar-refractivity contribution in [2.24, 2.45) is 0 Å². The molecule has 9 nitrogen and oxygen atoms in total. The Hall–Kier alpha value is -2.43. The molecule has 2 fully saturated rings. The lowest BCUT2D eigenvalue weighted by Gasteiger charge is -2.36. The normalized spacial score (nSPS) is 17.8. The Kier molecular flexibility index (Phi) is 7.54. The first-order valence-electron chi connectivity index (χ1n) is 12.0. The molecular formula is C24H34ClN7O2S. The monoisotopic (exact) mass is 519 g/mol. The number of fused-ring (bicyclic) bond motifs is 1. The molecule has 35 heavy (non-hydrogen) atoms. The highest BCUT2D eigenvalue weighted by Crippen LogP contribution is 2.36. The van der Waals surface area contributed by atoms with Crippen molar-refractivity contribution in [1.29, 1.82) is 0 Å². The Bertz CT molecular complexity index is 1260. The smallest absolute Gasteiger partial charge is 0.230 e. The van der Waals surface area contributed by atoms with Crippen LogP contribution in [0.2, 0.25) is 0 Å². The van der Waals surface area contributed by atoms with Gasteiger partial charge < -0.3 is 19.7 Å². The average Bonchev–Trinajstić information content (AvgIpc) is 3.47. The van der Waals surface area contributed by atoms with E-state index in [9.17, 15) is 8.42 Å². The Morgan fingerprint density at radius 1 is 1.03 bits per heavy atom. The molecule has 0 bridgehead atoms. The van der Waals surface area contributed by atoms with Gasteiger partial charge in [0.2, 0.25) is 5.95 Å². The fraction of sp³-hybridized carbons (Fsp3) is 0.542. The van der Waals surface area contributed by atoms with Gasteiger partial charge in [-0.3, -0.25) is 0 Å². The summed E-state index contributed by atoms with van der Waals surface area (Å²) in [4.78, 5) is 18.4. The van der Waals surface area contributed by atoms with E-state index in [-0.39, 0.29) is 18.4 Å². The third kappa shape index (κ3) is 5.39. The van der Waals surface area contributed by atoms with Crippen molar-refractivity contribution in [3.05, 3.63) is 30.6 Å². The number of nitrogens with zero attached hydrogens (tertiary/aromatic N) is 6. The van der Waals surface area contributed by atoms with Crippen LogP contribution < -0.4 is 10.2 Å². The summed E-state index contributed by atoms with van der Waals surface area (Å²) in [6.45, 7) is 2.05. The molecule has 3 aromatic heterocycles. The SMILES string of the molecule is CN(C)C1CCN(c2ccc(Nc3ncc4cc(S(C)(=O)=O)n(C5CCCC5)c4n3)nc2)CC1.Cl. The van der Waals surface area contributed by atoms with Crippen LogP contribution in [-0.4, -0.2) is 72.3 Å². The summed E-state index contributed by atoms with van der Waals surface area (Å²) in [7, 11) is 0.921. The second kappa shape index (κ2) is 10.3. The van der Waals surface area contributed by atoms with Crippen molar-refractivity contribution >= 4 is 50.7 Å². The molecular weight excluding hydrogens is 486 g/mol. The molecule has 5 rings (SSSR count). The second-order valence-corrected chi connectivity index (χ2v) is 11.7. The predicted molar refractivity (Wildman–Crippen MR) is 142 cm³/mol. The van der Waals surface area contributed by atoms with E-state index in [1.807, 2.05) is 16.8 Å². The molecule has 0 spiro atoms. The number of pyridine rings is 1. The lowest BCUT2D eigenvalue weighted by atomic mass is 10.0. The van der Waals surface area contributed by atoms with Gasteiger partial charge in [0.1, 0.15) is 16.5 Å². The maximum absolute atomic E-state index is 12.5. The van der Waals surface area contributed by atoms with E-state index in [0.29, 0.717) is 28.5 Å². The quantitative estimate of drug-likeness (QED) is 0.521. The molecule has 11 heteroatoms. The van der Waals surface area contributed by atoms with Crippen LogP contribution in [0, 0.1) is 0 Å². The van der Waals surface area contributed by atoms with Crippen LogP contribution in [-0.2, 0) is 9.84 Å². The van der Waals surface area contributed by atoms with Gasteiger partial charge in [0.15, 0.2) is 9.84 Å². The minimum atomic E-state index is -3.37. The van der Waals surface area contributed by atoms with Gasteiger partial charge in [-0.2, -0.15) is 4.98 Å². The van der Waals surface area contributed by atoms with E-state index in [2.05, 4.69) is 45.2 Å². The molecule has 0 atom stereocenters. The molecule has 4 heterocycles. The zero-order valence-electron chi connectivity index (χ0n) is 20.5. The van der Waals surface area contributed by atoms with Crippen LogP contribution in [0.1, 0.15) is 44.6 Å². The molecule has 1 saturated carbocycles. The summed E-state index contributed by atoms with van der Waals surface area (Å²) in [5.41, 5.74) is 1.78. The largest absolute Gasteiger partial charge is 0.370 e. The minimum Gasteiger partial charge on any atom is -0.370 e. The summed E-state index contributed by atoms with van der Waals surface area (Å²) in [6.07, 6.45) is 11.3. The number of hydrogen-bond acceptors (Lipinski definition) is 8. The maximum atomic E-state index is 12.5. The molecule has 1 N–H and O–H groups in total. The van der Waals surface area contributed by atoms with E-state index >= 15 is 0 Å². The van der Waals surface area contributed by atoms with Crippen molar-refractivity contribution < 1.29 is 8.42 Å². The van der Waals surface area contributed by atoms with Crippen LogP contribution >= 0.6 is 12.4 Å². The van der Waals surface area contributed by atoms with Gasteiger partial charge >= 0.3 is 0 Å². The Morgan fingerprint density at radius 3 is 2.34 bits per heavy atom. The number of rotatable bonds is 6. The Morgan fingerprint density at radius 2 is 1.74 bits per heavy atom. The number of sulfone groups is 1. The van der Waals surface area contributed by atoms with Crippen molar-refractivity contribution in [3.63, 3.8) is 0 Å². The molecule has 1 aliphatic heterocycles. The zero-order valence-corrected chi connectivity index (χ0v) is 22.1. The highest BCUT2D eigenvalue weighted by atomic mass is 35.5. The highest BCUT2D eigenvalue weighted by molar-refractivity contribution is 7.90. The van der Waals surface area contributed by atoms with Gasteiger partial charge in [-0.25, -0.2) is 18.4 Å². The van der Waals surface area contributed by atoms with Gasteiger partial charge in [-0.05, 0) is 58.0 Å². The predicted octanol–water partition coefficient (Wildman–Crippen LogP) is 4.04. The van der Waals surface area contributed by atoms with Crippen molar-refractivity contribution in [1.82, 2.24) is 24.4 Å². The summed E-state index contributed by atoms with van der Waals surface area (Å²) in [5, 5.41) is 4.25. The summed E-state index contributed by atoms with van der Waals surface area (Å²) in [6, 6.07) is 6.51. The number of piperidine rings is 1. The van der Waals surface area contributed by atoms with Crippen LogP contribution in [0.3, 0.4) is 0 Å². The summed E-state index contributed by atoms with van der Waals surface area (Å²) < 4.78 is 26.8. The van der Waals surface area contributed by atoms with E-state index in [0.717, 1.165) is 62.7 Å². The van der Waals surface area contributed by atoms with Gasteiger partial charge in [0.05, 0.1) is 11.9 Å². The molecule has 190 valence electrons. The Labute approximate surface area is 213 Å². The maximum Gasteiger partial charge on any atom is 0.230 e. The van der Waals surface area contributed by atoms with E-state index in [4.69, 9.17) is 4.98 Å². The molecule has 0 aromatic carbocycles. The van der Waals surface area contributed by atoms with Crippen LogP contribution in [0.15, 0.2) is 35.6 Å². The van der Waals surface area contributed by atoms with Gasteiger partial charge in [-0.15, -0.1) is 12.4 Å². The number of anilines is 3. The van der Waals surface area contributed by atoms with Gasteiger partial charge in [-0.1, -0.05) is 12.8 Å².